The Balaban J connectivity index is 2.83. The number of nitrogens with zero attached hydrogens (tertiary/aromatic N) is 2. The minimum atomic E-state index is -3.31. The van der Waals surface area contributed by atoms with Crippen LogP contribution in [0.15, 0.2) is 0 Å². The Hall–Kier alpha value is -0.170. The molecule has 5 nitrogen and oxygen atoms in total. The summed E-state index contributed by atoms with van der Waals surface area (Å²) < 4.78 is 33.0. The molecule has 0 atom stereocenters. The van der Waals surface area contributed by atoms with Crippen molar-refractivity contribution in [2.24, 2.45) is 0 Å². The molecule has 0 radical (unpaired) electrons. The van der Waals surface area contributed by atoms with E-state index < -0.39 is 15.8 Å². The molecule has 1 aliphatic heterocycles. The largest absolute Gasteiger partial charge is 0.373 e. The molecule has 1 saturated heterocycles. The Morgan fingerprint density at radius 1 is 1.31 bits per heavy atom. The quantitative estimate of drug-likeness (QED) is 0.737. The topological polar surface area (TPSA) is 49.9 Å². The monoisotopic (exact) mass is 250 g/mol. The summed E-state index contributed by atoms with van der Waals surface area (Å²) in [5.74, 6) is 0. The van der Waals surface area contributed by atoms with Crippen LogP contribution in [0, 0.1) is 0 Å². The highest BCUT2D eigenvalue weighted by Crippen LogP contribution is 2.20. The van der Waals surface area contributed by atoms with E-state index in [2.05, 4.69) is 0 Å². The van der Waals surface area contributed by atoms with Crippen LogP contribution in [0.4, 0.5) is 0 Å². The number of hydrogen-bond acceptors (Lipinski definition) is 3. The average Bonchev–Trinajstić information content (AvgIpc) is 2.17. The molecule has 0 N–H and O–H groups in total. The van der Waals surface area contributed by atoms with Gasteiger partial charge in [-0.05, 0) is 13.8 Å². The Morgan fingerprint density at radius 2 is 1.88 bits per heavy atom. The normalized spacial score (nSPS) is 22.6. The zero-order valence-electron chi connectivity index (χ0n) is 10.6. The van der Waals surface area contributed by atoms with Crippen LogP contribution in [0.25, 0.3) is 0 Å². The maximum absolute atomic E-state index is 12.2. The molecule has 1 heterocycles. The molecular weight excluding hydrogens is 228 g/mol. The smallest absolute Gasteiger partial charge is 0.282 e. The lowest BCUT2D eigenvalue weighted by Gasteiger charge is -2.39. The summed E-state index contributed by atoms with van der Waals surface area (Å²) in [7, 11) is -3.31. The third-order valence-electron chi connectivity index (χ3n) is 2.75. The second kappa shape index (κ2) is 5.00. The highest BCUT2D eigenvalue weighted by Gasteiger charge is 2.36. The van der Waals surface area contributed by atoms with E-state index in [-0.39, 0.29) is 0 Å². The molecule has 0 unspecified atom stereocenters. The van der Waals surface area contributed by atoms with Crippen molar-refractivity contribution in [3.05, 3.63) is 0 Å². The molecule has 0 bridgehead atoms. The predicted molar refractivity (Wildman–Crippen MR) is 63.4 cm³/mol. The van der Waals surface area contributed by atoms with E-state index in [0.717, 1.165) is 0 Å². The molecular formula is C10H22N2O3S. The van der Waals surface area contributed by atoms with Crippen LogP contribution in [0.5, 0.6) is 0 Å². The number of rotatable bonds is 4. The van der Waals surface area contributed by atoms with E-state index in [1.165, 1.54) is 8.61 Å². The first-order valence-electron chi connectivity index (χ1n) is 5.72. The molecule has 16 heavy (non-hydrogen) atoms. The van der Waals surface area contributed by atoms with Crippen LogP contribution < -0.4 is 0 Å². The standard InChI is InChI=1S/C10H22N2O3S/c1-5-11(6-2)16(13,14)12-7-8-15-10(3,4)9-12/h5-9H2,1-4H3. The summed E-state index contributed by atoms with van der Waals surface area (Å²) in [6.45, 7) is 9.89. The first kappa shape index (κ1) is 13.9. The molecule has 1 fully saturated rings. The van der Waals surface area contributed by atoms with Gasteiger partial charge >= 0.3 is 0 Å². The molecule has 96 valence electrons. The second-order valence-electron chi connectivity index (χ2n) is 4.53. The molecule has 6 heteroatoms. The Bertz CT molecular complexity index is 323. The lowest BCUT2D eigenvalue weighted by atomic mass is 10.1. The van der Waals surface area contributed by atoms with E-state index in [0.29, 0.717) is 32.8 Å². The summed E-state index contributed by atoms with van der Waals surface area (Å²) in [6, 6.07) is 0. The Morgan fingerprint density at radius 3 is 2.31 bits per heavy atom. The van der Waals surface area contributed by atoms with Gasteiger partial charge in [0.05, 0.1) is 12.2 Å². The fourth-order valence-corrected chi connectivity index (χ4v) is 3.64. The van der Waals surface area contributed by atoms with Crippen molar-refractivity contribution in [3.63, 3.8) is 0 Å². The maximum atomic E-state index is 12.2. The van der Waals surface area contributed by atoms with E-state index >= 15 is 0 Å². The molecule has 0 aromatic heterocycles. The first-order chi connectivity index (χ1) is 7.33. The Labute approximate surface area is 98.5 Å². The summed E-state index contributed by atoms with van der Waals surface area (Å²) in [4.78, 5) is 0. The van der Waals surface area contributed by atoms with E-state index in [1.807, 2.05) is 27.7 Å². The van der Waals surface area contributed by atoms with Crippen LogP contribution in [-0.2, 0) is 14.9 Å². The van der Waals surface area contributed by atoms with Gasteiger partial charge in [-0.15, -0.1) is 0 Å². The number of ether oxygens (including phenoxy) is 1. The van der Waals surface area contributed by atoms with E-state index in [9.17, 15) is 8.42 Å². The van der Waals surface area contributed by atoms with Crippen molar-refractivity contribution in [3.8, 4) is 0 Å². The van der Waals surface area contributed by atoms with Crippen LogP contribution in [0.2, 0.25) is 0 Å². The average molecular weight is 250 g/mol. The molecule has 1 rings (SSSR count). The van der Waals surface area contributed by atoms with Crippen molar-refractivity contribution >= 4 is 10.2 Å². The zero-order valence-corrected chi connectivity index (χ0v) is 11.4. The van der Waals surface area contributed by atoms with Crippen LogP contribution in [-0.4, -0.2) is 55.4 Å². The molecule has 0 aromatic rings. The first-order valence-corrected chi connectivity index (χ1v) is 7.12. The van der Waals surface area contributed by atoms with E-state index in [1.54, 1.807) is 0 Å². The van der Waals surface area contributed by atoms with Crippen LogP contribution >= 0.6 is 0 Å². The molecule has 0 aromatic carbocycles. The third kappa shape index (κ3) is 2.94. The lowest BCUT2D eigenvalue weighted by molar-refractivity contribution is -0.0651. The Kier molecular flexibility index (Phi) is 4.34. The van der Waals surface area contributed by atoms with Gasteiger partial charge in [0.1, 0.15) is 0 Å². The van der Waals surface area contributed by atoms with Gasteiger partial charge in [0.15, 0.2) is 0 Å². The van der Waals surface area contributed by atoms with Gasteiger partial charge in [0.2, 0.25) is 0 Å². The van der Waals surface area contributed by atoms with Gasteiger partial charge < -0.3 is 4.74 Å². The second-order valence-corrected chi connectivity index (χ2v) is 6.46. The van der Waals surface area contributed by atoms with Crippen molar-refractivity contribution < 1.29 is 13.2 Å². The number of morpholine rings is 1. The third-order valence-corrected chi connectivity index (χ3v) is 4.88. The summed E-state index contributed by atoms with van der Waals surface area (Å²) in [5.41, 5.74) is -0.390. The molecule has 0 amide bonds. The predicted octanol–water partition coefficient (Wildman–Crippen LogP) is 0.684. The highest BCUT2D eigenvalue weighted by atomic mass is 32.2. The summed E-state index contributed by atoms with van der Waals surface area (Å²) in [5, 5.41) is 0. The fourth-order valence-electron chi connectivity index (χ4n) is 1.88. The molecule has 1 aliphatic rings. The van der Waals surface area contributed by atoms with Gasteiger partial charge in [-0.1, -0.05) is 13.8 Å². The minimum absolute atomic E-state index is 0.390. The zero-order chi connectivity index (χ0) is 12.4. The van der Waals surface area contributed by atoms with Gasteiger partial charge in [0, 0.05) is 26.2 Å². The SMILES string of the molecule is CCN(CC)S(=O)(=O)N1CCOC(C)(C)C1. The van der Waals surface area contributed by atoms with E-state index in [4.69, 9.17) is 4.74 Å². The maximum Gasteiger partial charge on any atom is 0.282 e. The fraction of sp³-hybridized carbons (Fsp3) is 1.00. The van der Waals surface area contributed by atoms with Crippen molar-refractivity contribution in [2.45, 2.75) is 33.3 Å². The van der Waals surface area contributed by atoms with Gasteiger partial charge in [-0.3, -0.25) is 0 Å². The van der Waals surface area contributed by atoms with Crippen molar-refractivity contribution in [1.82, 2.24) is 8.61 Å². The minimum Gasteiger partial charge on any atom is -0.373 e. The summed E-state index contributed by atoms with van der Waals surface area (Å²) >= 11 is 0. The van der Waals surface area contributed by atoms with Crippen LogP contribution in [0.1, 0.15) is 27.7 Å². The number of hydrogen-bond donors (Lipinski definition) is 0. The highest BCUT2D eigenvalue weighted by molar-refractivity contribution is 7.86. The van der Waals surface area contributed by atoms with Crippen LogP contribution in [0.3, 0.4) is 0 Å². The summed E-state index contributed by atoms with van der Waals surface area (Å²) in [6.07, 6.45) is 0. The van der Waals surface area contributed by atoms with Crippen molar-refractivity contribution in [2.75, 3.05) is 32.8 Å². The van der Waals surface area contributed by atoms with Gasteiger partial charge in [-0.25, -0.2) is 0 Å². The lowest BCUT2D eigenvalue weighted by Crippen LogP contribution is -2.54. The van der Waals surface area contributed by atoms with Gasteiger partial charge in [0.25, 0.3) is 10.2 Å². The molecule has 0 spiro atoms. The van der Waals surface area contributed by atoms with Gasteiger partial charge in [-0.2, -0.15) is 17.0 Å². The molecule has 0 saturated carbocycles. The van der Waals surface area contributed by atoms with Crippen molar-refractivity contribution in [1.29, 1.82) is 0 Å². The molecule has 0 aliphatic carbocycles.